The second-order valence-corrected chi connectivity index (χ2v) is 8.47. The summed E-state index contributed by atoms with van der Waals surface area (Å²) in [6, 6.07) is 11.3. The van der Waals surface area contributed by atoms with Crippen molar-refractivity contribution in [2.75, 3.05) is 10.0 Å². The first-order valence-corrected chi connectivity index (χ1v) is 11.2. The van der Waals surface area contributed by atoms with Gasteiger partial charge in [0.15, 0.2) is 17.1 Å². The van der Waals surface area contributed by atoms with Gasteiger partial charge in [-0.05, 0) is 55.0 Å². The van der Waals surface area contributed by atoms with Crippen molar-refractivity contribution in [1.29, 1.82) is 0 Å². The highest BCUT2D eigenvalue weighted by Crippen LogP contribution is 2.18. The van der Waals surface area contributed by atoms with E-state index in [9.17, 15) is 18.0 Å². The van der Waals surface area contributed by atoms with Gasteiger partial charge in [0.25, 0.3) is 15.9 Å². The lowest BCUT2D eigenvalue weighted by atomic mass is 10.2. The third kappa shape index (κ3) is 5.99. The fraction of sp³-hybridized carbons (Fsp3) is 0.150. The molecule has 1 aromatic carbocycles. The molecule has 32 heavy (non-hydrogen) atoms. The highest BCUT2D eigenvalue weighted by Gasteiger charge is 2.22. The lowest BCUT2D eigenvalue weighted by Gasteiger charge is -2.16. The van der Waals surface area contributed by atoms with Crippen molar-refractivity contribution in [2.24, 2.45) is 0 Å². The lowest BCUT2D eigenvalue weighted by molar-refractivity contribution is -0.124. The van der Waals surface area contributed by atoms with Crippen molar-refractivity contribution >= 4 is 45.0 Å². The van der Waals surface area contributed by atoms with Crippen LogP contribution in [0.25, 0.3) is 0 Å². The largest absolute Gasteiger partial charge is 0.449 e. The van der Waals surface area contributed by atoms with Gasteiger partial charge in [-0.1, -0.05) is 18.5 Å². The zero-order valence-electron chi connectivity index (χ0n) is 16.7. The Morgan fingerprint density at radius 2 is 1.84 bits per heavy atom. The number of halogens is 1. The number of ether oxygens (including phenoxy) is 1. The molecule has 12 heteroatoms. The van der Waals surface area contributed by atoms with Crippen LogP contribution in [0.15, 0.2) is 65.8 Å². The third-order valence-electron chi connectivity index (χ3n) is 4.11. The van der Waals surface area contributed by atoms with Crippen LogP contribution in [0.5, 0.6) is 0 Å². The first-order valence-electron chi connectivity index (χ1n) is 9.32. The number of amides is 1. The first-order chi connectivity index (χ1) is 15.3. The maximum atomic E-state index is 12.5. The predicted octanol–water partition coefficient (Wildman–Crippen LogP) is 2.90. The van der Waals surface area contributed by atoms with Gasteiger partial charge in [0, 0.05) is 18.1 Å². The quantitative estimate of drug-likeness (QED) is 0.474. The molecule has 2 heterocycles. The van der Waals surface area contributed by atoms with Gasteiger partial charge in [-0.3, -0.25) is 14.5 Å². The van der Waals surface area contributed by atoms with Crippen molar-refractivity contribution in [3.63, 3.8) is 0 Å². The number of hydrogen-bond donors (Lipinski definition) is 2. The number of sulfonamides is 1. The van der Waals surface area contributed by atoms with E-state index in [0.29, 0.717) is 5.69 Å². The summed E-state index contributed by atoms with van der Waals surface area (Å²) < 4.78 is 32.5. The van der Waals surface area contributed by atoms with E-state index >= 15 is 0 Å². The number of hydrogen-bond acceptors (Lipinski definition) is 8. The van der Waals surface area contributed by atoms with Crippen LogP contribution in [-0.4, -0.2) is 41.6 Å². The minimum Gasteiger partial charge on any atom is -0.449 e. The molecule has 1 unspecified atom stereocenters. The Morgan fingerprint density at radius 3 is 2.44 bits per heavy atom. The zero-order chi connectivity index (χ0) is 23.1. The van der Waals surface area contributed by atoms with Crippen molar-refractivity contribution in [1.82, 2.24) is 15.2 Å². The molecule has 0 bridgehead atoms. The number of carbonyl (C=O) groups excluding carboxylic acids is 2. The van der Waals surface area contributed by atoms with Crippen LogP contribution in [0.4, 0.5) is 11.5 Å². The number of nitrogens with zero attached hydrogens (tertiary/aromatic N) is 3. The van der Waals surface area contributed by atoms with Gasteiger partial charge in [0.2, 0.25) is 0 Å². The molecule has 0 aliphatic carbocycles. The molecule has 1 amide bonds. The van der Waals surface area contributed by atoms with E-state index in [-0.39, 0.29) is 27.9 Å². The number of anilines is 2. The molecule has 2 N–H and O–H groups in total. The molecule has 0 saturated heterocycles. The van der Waals surface area contributed by atoms with Gasteiger partial charge in [0.1, 0.15) is 0 Å². The predicted molar refractivity (Wildman–Crippen MR) is 117 cm³/mol. The molecule has 0 aliphatic rings. The van der Waals surface area contributed by atoms with Crippen molar-refractivity contribution < 1.29 is 22.7 Å². The van der Waals surface area contributed by atoms with E-state index in [1.807, 2.05) is 0 Å². The van der Waals surface area contributed by atoms with Gasteiger partial charge in [0.05, 0.1) is 10.5 Å². The van der Waals surface area contributed by atoms with E-state index in [0.717, 1.165) is 0 Å². The SMILES string of the molecule is CCC(OC(=O)c1cccnc1)C(=O)Nc1ccc(S(=O)(=O)Nc2ccc(Cl)nn2)cc1. The fourth-order valence-corrected chi connectivity index (χ4v) is 3.61. The Morgan fingerprint density at radius 1 is 1.09 bits per heavy atom. The summed E-state index contributed by atoms with van der Waals surface area (Å²) in [5.74, 6) is -1.21. The number of esters is 1. The monoisotopic (exact) mass is 475 g/mol. The molecule has 3 aromatic rings. The minimum atomic E-state index is -3.92. The Bertz CT molecular complexity index is 1190. The second kappa shape index (κ2) is 10.2. The molecular formula is C20H18ClN5O5S. The summed E-state index contributed by atoms with van der Waals surface area (Å²) >= 11 is 5.63. The van der Waals surface area contributed by atoms with Crippen LogP contribution in [0.1, 0.15) is 23.7 Å². The summed E-state index contributed by atoms with van der Waals surface area (Å²) in [5.41, 5.74) is 0.558. The number of rotatable bonds is 8. The standard InChI is InChI=1S/C20H18ClN5O5S/c1-2-16(31-20(28)13-4-3-11-22-12-13)19(27)23-14-5-7-15(8-6-14)32(29,30)26-18-10-9-17(21)24-25-18/h3-12,16H,2H2,1H3,(H,23,27)(H,25,26). The average molecular weight is 476 g/mol. The zero-order valence-corrected chi connectivity index (χ0v) is 18.3. The molecule has 0 spiro atoms. The van der Waals surface area contributed by atoms with Crippen LogP contribution < -0.4 is 10.0 Å². The van der Waals surface area contributed by atoms with Crippen LogP contribution in [0, 0.1) is 0 Å². The Balaban J connectivity index is 1.64. The fourth-order valence-electron chi connectivity index (χ4n) is 2.51. The summed E-state index contributed by atoms with van der Waals surface area (Å²) in [4.78, 5) is 28.4. The molecular weight excluding hydrogens is 458 g/mol. The van der Waals surface area contributed by atoms with Gasteiger partial charge in [-0.15, -0.1) is 10.2 Å². The molecule has 0 fully saturated rings. The van der Waals surface area contributed by atoms with Crippen LogP contribution in [0.2, 0.25) is 5.15 Å². The van der Waals surface area contributed by atoms with Crippen molar-refractivity contribution in [3.8, 4) is 0 Å². The van der Waals surface area contributed by atoms with Crippen molar-refractivity contribution in [2.45, 2.75) is 24.3 Å². The lowest BCUT2D eigenvalue weighted by Crippen LogP contribution is -2.32. The maximum Gasteiger partial charge on any atom is 0.340 e. The summed E-state index contributed by atoms with van der Waals surface area (Å²) in [6.07, 6.45) is 2.08. The van der Waals surface area contributed by atoms with Gasteiger partial charge in [-0.25, -0.2) is 13.2 Å². The first kappa shape index (κ1) is 23.1. The van der Waals surface area contributed by atoms with E-state index in [4.69, 9.17) is 16.3 Å². The molecule has 0 aliphatic heterocycles. The van der Waals surface area contributed by atoms with Crippen LogP contribution in [0.3, 0.4) is 0 Å². The smallest absolute Gasteiger partial charge is 0.340 e. The van der Waals surface area contributed by atoms with Gasteiger partial charge >= 0.3 is 5.97 Å². The van der Waals surface area contributed by atoms with E-state index in [1.165, 1.54) is 54.9 Å². The maximum absolute atomic E-state index is 12.5. The van der Waals surface area contributed by atoms with E-state index < -0.39 is 28.0 Å². The summed E-state index contributed by atoms with van der Waals surface area (Å²) in [5, 5.41) is 9.94. The number of benzene rings is 1. The molecule has 0 radical (unpaired) electrons. The number of pyridine rings is 1. The topological polar surface area (TPSA) is 140 Å². The van der Waals surface area contributed by atoms with Gasteiger partial charge in [-0.2, -0.15) is 0 Å². The molecule has 2 aromatic heterocycles. The second-order valence-electron chi connectivity index (χ2n) is 6.40. The summed E-state index contributed by atoms with van der Waals surface area (Å²) in [6.45, 7) is 1.70. The highest BCUT2D eigenvalue weighted by molar-refractivity contribution is 7.92. The third-order valence-corrected chi connectivity index (χ3v) is 5.69. The van der Waals surface area contributed by atoms with Gasteiger partial charge < -0.3 is 10.1 Å². The summed E-state index contributed by atoms with van der Waals surface area (Å²) in [7, 11) is -3.92. The normalized spacial score (nSPS) is 11.9. The van der Waals surface area contributed by atoms with Crippen molar-refractivity contribution in [3.05, 3.63) is 71.6 Å². The van der Waals surface area contributed by atoms with Crippen LogP contribution >= 0.6 is 11.6 Å². The molecule has 10 nitrogen and oxygen atoms in total. The van der Waals surface area contributed by atoms with E-state index in [2.05, 4.69) is 25.2 Å². The number of carbonyl (C=O) groups is 2. The van der Waals surface area contributed by atoms with Crippen LogP contribution in [-0.2, 0) is 19.6 Å². The number of aromatic nitrogens is 3. The van der Waals surface area contributed by atoms with E-state index in [1.54, 1.807) is 13.0 Å². The Kier molecular flexibility index (Phi) is 7.33. The number of nitrogens with one attached hydrogen (secondary N) is 2. The minimum absolute atomic E-state index is 0.00741. The molecule has 166 valence electrons. The highest BCUT2D eigenvalue weighted by atomic mass is 35.5. The molecule has 3 rings (SSSR count). The Labute approximate surface area is 189 Å². The molecule has 0 saturated carbocycles. The average Bonchev–Trinajstić information content (AvgIpc) is 2.79. The Hall–Kier alpha value is -3.57. The molecule has 1 atom stereocenters.